The van der Waals surface area contributed by atoms with Crippen LogP contribution in [0.4, 0.5) is 5.69 Å². The predicted octanol–water partition coefficient (Wildman–Crippen LogP) is 4.91. The topological polar surface area (TPSA) is 124 Å². The van der Waals surface area contributed by atoms with Crippen molar-refractivity contribution >= 4 is 34.3 Å². The summed E-state index contributed by atoms with van der Waals surface area (Å²) in [5, 5.41) is 21.3. The molecule has 0 aliphatic heterocycles. The molecule has 0 aliphatic rings. The Morgan fingerprint density at radius 3 is 2.57 bits per heavy atom. The van der Waals surface area contributed by atoms with Crippen molar-refractivity contribution in [3.63, 3.8) is 0 Å². The van der Waals surface area contributed by atoms with Crippen molar-refractivity contribution in [2.45, 2.75) is 6.92 Å². The van der Waals surface area contributed by atoms with Gasteiger partial charge in [0.25, 0.3) is 5.91 Å². The maximum Gasteiger partial charge on any atom is 0.262 e. The molecule has 0 fully saturated rings. The number of aromatic nitrogens is 2. The molecular weight excluding hydrogens is 442 g/mol. The van der Waals surface area contributed by atoms with Gasteiger partial charge in [-0.3, -0.25) is 4.79 Å². The smallest absolute Gasteiger partial charge is 0.262 e. The number of hydrogen-bond acceptors (Lipinski definition) is 6. The Balaban J connectivity index is 1.49. The molecule has 1 amide bonds. The molecule has 0 radical (unpaired) electrons. The van der Waals surface area contributed by atoms with E-state index in [-0.39, 0.29) is 12.5 Å². The molecule has 4 rings (SSSR count). The van der Waals surface area contributed by atoms with Crippen LogP contribution in [0.3, 0.4) is 0 Å². The number of nitrogens with one attached hydrogen (secondary N) is 2. The fraction of sp³-hybridized carbons (Fsp3) is 0.111. The summed E-state index contributed by atoms with van der Waals surface area (Å²) in [6, 6.07) is 23.5. The molecule has 2 N–H and O–H groups in total. The quantitative estimate of drug-likeness (QED) is 0.358. The lowest BCUT2D eigenvalue weighted by molar-refractivity contribution is -0.118. The normalized spacial score (nSPS) is 10.9. The van der Waals surface area contributed by atoms with Crippen molar-refractivity contribution in [1.29, 1.82) is 10.5 Å². The Morgan fingerprint density at radius 2 is 1.86 bits per heavy atom. The number of para-hydroxylation sites is 2. The number of allylic oxidation sites excluding steroid dienone is 1. The lowest BCUT2D eigenvalue weighted by atomic mass is 10.1. The molecule has 0 saturated heterocycles. The minimum Gasteiger partial charge on any atom is -0.490 e. The Labute approximate surface area is 202 Å². The van der Waals surface area contributed by atoms with E-state index in [2.05, 4.69) is 21.4 Å². The van der Waals surface area contributed by atoms with Gasteiger partial charge in [-0.25, -0.2) is 4.98 Å². The van der Waals surface area contributed by atoms with Gasteiger partial charge in [0.15, 0.2) is 18.1 Å². The molecule has 0 saturated carbocycles. The van der Waals surface area contributed by atoms with Gasteiger partial charge in [0.1, 0.15) is 11.9 Å². The summed E-state index contributed by atoms with van der Waals surface area (Å²) in [7, 11) is 0. The third-order valence-corrected chi connectivity index (χ3v) is 5.00. The van der Waals surface area contributed by atoms with Crippen LogP contribution in [0.5, 0.6) is 11.5 Å². The Kier molecular flexibility index (Phi) is 7.05. The first kappa shape index (κ1) is 23.1. The highest BCUT2D eigenvalue weighted by molar-refractivity contribution is 5.92. The van der Waals surface area contributed by atoms with Crippen LogP contribution in [-0.4, -0.2) is 29.1 Å². The van der Waals surface area contributed by atoms with E-state index in [4.69, 9.17) is 14.7 Å². The van der Waals surface area contributed by atoms with Crippen LogP contribution in [-0.2, 0) is 4.79 Å². The number of hydrogen-bond donors (Lipinski definition) is 2. The first-order valence-electron chi connectivity index (χ1n) is 10.9. The predicted molar refractivity (Wildman–Crippen MR) is 132 cm³/mol. The molecule has 35 heavy (non-hydrogen) atoms. The van der Waals surface area contributed by atoms with E-state index in [1.807, 2.05) is 37.3 Å². The standard InChI is InChI=1S/C27H21N5O3/c1-2-34-25-14-19(13-20(16-29)27-31-22-5-3-4-6-23(22)32-27)9-12-24(25)35-17-26(33)30-21-10-7-18(15-28)8-11-21/h3-14H,2,17H2,1H3,(H,30,33)(H,31,32). The Bertz CT molecular complexity index is 1440. The molecule has 0 aliphatic carbocycles. The highest BCUT2D eigenvalue weighted by Gasteiger charge is 2.12. The summed E-state index contributed by atoms with van der Waals surface area (Å²) < 4.78 is 11.4. The van der Waals surface area contributed by atoms with Crippen molar-refractivity contribution in [1.82, 2.24) is 9.97 Å². The zero-order valence-corrected chi connectivity index (χ0v) is 18.9. The van der Waals surface area contributed by atoms with Gasteiger partial charge in [-0.15, -0.1) is 0 Å². The number of amides is 1. The zero-order valence-electron chi connectivity index (χ0n) is 18.9. The van der Waals surface area contributed by atoms with Crippen molar-refractivity contribution in [2.24, 2.45) is 0 Å². The second kappa shape index (κ2) is 10.7. The molecule has 0 unspecified atom stereocenters. The third-order valence-electron chi connectivity index (χ3n) is 5.00. The van der Waals surface area contributed by atoms with E-state index in [0.717, 1.165) is 16.6 Å². The highest BCUT2D eigenvalue weighted by Crippen LogP contribution is 2.30. The van der Waals surface area contributed by atoms with Crippen molar-refractivity contribution in [3.8, 4) is 23.6 Å². The van der Waals surface area contributed by atoms with Crippen LogP contribution < -0.4 is 14.8 Å². The number of carbonyl (C=O) groups is 1. The first-order chi connectivity index (χ1) is 17.1. The maximum absolute atomic E-state index is 12.3. The molecule has 8 nitrogen and oxygen atoms in total. The zero-order chi connectivity index (χ0) is 24.6. The molecule has 0 bridgehead atoms. The Hall–Kier alpha value is -5.08. The fourth-order valence-electron chi connectivity index (χ4n) is 3.37. The highest BCUT2D eigenvalue weighted by atomic mass is 16.5. The number of anilines is 1. The van der Waals surface area contributed by atoms with Gasteiger partial charge in [-0.1, -0.05) is 18.2 Å². The average molecular weight is 463 g/mol. The van der Waals surface area contributed by atoms with E-state index >= 15 is 0 Å². The number of nitriles is 2. The van der Waals surface area contributed by atoms with Gasteiger partial charge in [0.05, 0.1) is 34.8 Å². The molecule has 1 heterocycles. The molecule has 1 aromatic heterocycles. The molecule has 8 heteroatoms. The van der Waals surface area contributed by atoms with Crippen molar-refractivity contribution in [3.05, 3.63) is 83.7 Å². The van der Waals surface area contributed by atoms with Gasteiger partial charge in [0.2, 0.25) is 0 Å². The summed E-state index contributed by atoms with van der Waals surface area (Å²) in [6.07, 6.45) is 1.71. The number of imidazole rings is 1. The lowest BCUT2D eigenvalue weighted by Gasteiger charge is -2.13. The molecule has 0 atom stereocenters. The van der Waals surface area contributed by atoms with Crippen LogP contribution in [0.1, 0.15) is 23.9 Å². The second-order valence-corrected chi connectivity index (χ2v) is 7.44. The number of aromatic amines is 1. The van der Waals surface area contributed by atoms with Crippen molar-refractivity contribution in [2.75, 3.05) is 18.5 Å². The van der Waals surface area contributed by atoms with Crippen LogP contribution >= 0.6 is 0 Å². The first-order valence-corrected chi connectivity index (χ1v) is 10.9. The number of ether oxygens (including phenoxy) is 2. The minimum atomic E-state index is -0.349. The number of benzene rings is 3. The number of carbonyl (C=O) groups excluding carboxylic acids is 1. The van der Waals surface area contributed by atoms with E-state index in [1.54, 1.807) is 48.5 Å². The van der Waals surface area contributed by atoms with Gasteiger partial charge in [0, 0.05) is 5.69 Å². The van der Waals surface area contributed by atoms with Crippen LogP contribution in [0.25, 0.3) is 22.7 Å². The van der Waals surface area contributed by atoms with E-state index < -0.39 is 0 Å². The fourth-order valence-corrected chi connectivity index (χ4v) is 3.37. The van der Waals surface area contributed by atoms with Gasteiger partial charge in [-0.2, -0.15) is 10.5 Å². The van der Waals surface area contributed by atoms with Gasteiger partial charge in [-0.05, 0) is 67.1 Å². The van der Waals surface area contributed by atoms with E-state index in [0.29, 0.717) is 40.8 Å². The maximum atomic E-state index is 12.3. The van der Waals surface area contributed by atoms with E-state index in [9.17, 15) is 10.1 Å². The van der Waals surface area contributed by atoms with Crippen LogP contribution in [0.15, 0.2) is 66.7 Å². The van der Waals surface area contributed by atoms with Crippen LogP contribution in [0, 0.1) is 22.7 Å². The summed E-state index contributed by atoms with van der Waals surface area (Å²) in [5.74, 6) is 0.986. The number of fused-ring (bicyclic) bond motifs is 1. The van der Waals surface area contributed by atoms with Gasteiger partial charge < -0.3 is 19.8 Å². The molecule has 0 spiro atoms. The second-order valence-electron chi connectivity index (χ2n) is 7.44. The van der Waals surface area contributed by atoms with Crippen LogP contribution in [0.2, 0.25) is 0 Å². The van der Waals surface area contributed by atoms with Crippen molar-refractivity contribution < 1.29 is 14.3 Å². The number of nitrogens with zero attached hydrogens (tertiary/aromatic N) is 3. The SMILES string of the molecule is CCOc1cc(C=C(C#N)c2nc3ccccc3[nH]2)ccc1OCC(=O)Nc1ccc(C#N)cc1. The minimum absolute atomic E-state index is 0.225. The monoisotopic (exact) mass is 463 g/mol. The Morgan fingerprint density at radius 1 is 1.06 bits per heavy atom. The molecule has 172 valence electrons. The lowest BCUT2D eigenvalue weighted by Crippen LogP contribution is -2.20. The molecular formula is C27H21N5O3. The average Bonchev–Trinajstić information content (AvgIpc) is 3.31. The largest absolute Gasteiger partial charge is 0.490 e. The number of rotatable bonds is 8. The molecule has 4 aromatic rings. The molecule has 3 aromatic carbocycles. The summed E-state index contributed by atoms with van der Waals surface area (Å²) >= 11 is 0. The summed E-state index contributed by atoms with van der Waals surface area (Å²) in [4.78, 5) is 19.9. The number of H-pyrrole nitrogens is 1. The van der Waals surface area contributed by atoms with Gasteiger partial charge >= 0.3 is 0 Å². The summed E-state index contributed by atoms with van der Waals surface area (Å²) in [5.41, 5.74) is 3.80. The van der Waals surface area contributed by atoms with E-state index in [1.165, 1.54) is 0 Å². The summed E-state index contributed by atoms with van der Waals surface area (Å²) in [6.45, 7) is 2.02. The third kappa shape index (κ3) is 5.65.